The predicted molar refractivity (Wildman–Crippen MR) is 121 cm³/mol. The molecule has 6 nitrogen and oxygen atoms in total. The van der Waals surface area contributed by atoms with Gasteiger partial charge in [0, 0.05) is 29.5 Å². The maximum absolute atomic E-state index is 12.6. The molecule has 1 fully saturated rings. The second kappa shape index (κ2) is 9.13. The smallest absolute Gasteiger partial charge is 0.350 e. The van der Waals surface area contributed by atoms with Crippen LogP contribution in [-0.4, -0.2) is 27.6 Å². The molecule has 31 heavy (non-hydrogen) atoms. The standard InChI is InChI=1S/C24H26N4O2S/c1-18(2)15-27-17-26-28(23(27)29)20-6-8-21(9-7-20)31-22-5-3-4-19(14-22)24(16-25)10-12-30-13-11-24/h3-9,14,17-18H,10-13,15H2,1-2H3. The molecule has 7 heteroatoms. The summed E-state index contributed by atoms with van der Waals surface area (Å²) >= 11 is 1.64. The molecule has 2 heterocycles. The molecule has 0 saturated carbocycles. The van der Waals surface area contributed by atoms with E-state index in [2.05, 4.69) is 37.1 Å². The van der Waals surface area contributed by atoms with Crippen LogP contribution in [0.15, 0.2) is 69.4 Å². The molecule has 160 valence electrons. The van der Waals surface area contributed by atoms with Gasteiger partial charge in [0.15, 0.2) is 0 Å². The first-order chi connectivity index (χ1) is 15.0. The first-order valence-corrected chi connectivity index (χ1v) is 11.3. The third-order valence-electron chi connectivity index (χ3n) is 5.56. The Balaban J connectivity index is 1.52. The quantitative estimate of drug-likeness (QED) is 0.574. The van der Waals surface area contributed by atoms with Crippen LogP contribution in [-0.2, 0) is 16.7 Å². The van der Waals surface area contributed by atoms with Crippen molar-refractivity contribution in [3.05, 3.63) is 70.9 Å². The largest absolute Gasteiger partial charge is 0.381 e. The van der Waals surface area contributed by atoms with Gasteiger partial charge in [-0.15, -0.1) is 0 Å². The van der Waals surface area contributed by atoms with Crippen molar-refractivity contribution in [1.29, 1.82) is 5.26 Å². The number of ether oxygens (including phenoxy) is 1. The lowest BCUT2D eigenvalue weighted by Gasteiger charge is -2.31. The van der Waals surface area contributed by atoms with Gasteiger partial charge in [0.05, 0.1) is 17.2 Å². The molecule has 0 radical (unpaired) electrons. The Morgan fingerprint density at radius 2 is 1.90 bits per heavy atom. The van der Waals surface area contributed by atoms with Gasteiger partial charge in [0.1, 0.15) is 6.33 Å². The number of aromatic nitrogens is 3. The van der Waals surface area contributed by atoms with Crippen molar-refractivity contribution in [2.24, 2.45) is 5.92 Å². The van der Waals surface area contributed by atoms with E-state index in [1.807, 2.05) is 36.4 Å². The fourth-order valence-electron chi connectivity index (χ4n) is 3.86. The number of hydrogen-bond donors (Lipinski definition) is 0. The van der Waals surface area contributed by atoms with Crippen LogP contribution >= 0.6 is 11.8 Å². The molecule has 0 N–H and O–H groups in total. The van der Waals surface area contributed by atoms with Crippen molar-refractivity contribution in [3.63, 3.8) is 0 Å². The lowest BCUT2D eigenvalue weighted by Crippen LogP contribution is -2.32. The monoisotopic (exact) mass is 434 g/mol. The SMILES string of the molecule is CC(C)Cn1cnn(-c2ccc(Sc3cccc(C4(C#N)CCOCC4)c3)cc2)c1=O. The van der Waals surface area contributed by atoms with Crippen LogP contribution in [0.3, 0.4) is 0 Å². The van der Waals surface area contributed by atoms with Crippen LogP contribution in [0.25, 0.3) is 5.69 Å². The predicted octanol–water partition coefficient (Wildman–Crippen LogP) is 4.41. The third-order valence-corrected chi connectivity index (χ3v) is 6.56. The molecule has 0 aliphatic carbocycles. The van der Waals surface area contributed by atoms with Gasteiger partial charge in [-0.2, -0.15) is 15.0 Å². The van der Waals surface area contributed by atoms with Crippen LogP contribution in [0.2, 0.25) is 0 Å². The van der Waals surface area contributed by atoms with Gasteiger partial charge in [-0.25, -0.2) is 4.79 Å². The third kappa shape index (κ3) is 4.60. The number of nitriles is 1. The van der Waals surface area contributed by atoms with E-state index in [9.17, 15) is 10.1 Å². The summed E-state index contributed by atoms with van der Waals surface area (Å²) in [4.78, 5) is 14.7. The molecule has 1 aliphatic rings. The first-order valence-electron chi connectivity index (χ1n) is 10.5. The highest BCUT2D eigenvalue weighted by atomic mass is 32.2. The highest BCUT2D eigenvalue weighted by molar-refractivity contribution is 7.99. The molecule has 1 aliphatic heterocycles. The molecule has 2 aromatic carbocycles. The Hall–Kier alpha value is -2.82. The second-order valence-corrected chi connectivity index (χ2v) is 9.45. The Bertz CT molecular complexity index is 1140. The molecule has 4 rings (SSSR count). The molecular weight excluding hydrogens is 408 g/mol. The van der Waals surface area contributed by atoms with Crippen molar-refractivity contribution in [1.82, 2.24) is 14.3 Å². The van der Waals surface area contributed by atoms with Crippen LogP contribution in [0.5, 0.6) is 0 Å². The van der Waals surface area contributed by atoms with Crippen LogP contribution in [0, 0.1) is 17.2 Å². The molecule has 0 unspecified atom stereocenters. The fraction of sp³-hybridized carbons (Fsp3) is 0.375. The summed E-state index contributed by atoms with van der Waals surface area (Å²) < 4.78 is 8.53. The Morgan fingerprint density at radius 3 is 2.58 bits per heavy atom. The summed E-state index contributed by atoms with van der Waals surface area (Å²) in [7, 11) is 0. The van der Waals surface area contributed by atoms with Gasteiger partial charge in [-0.1, -0.05) is 37.7 Å². The minimum absolute atomic E-state index is 0.125. The normalized spacial score (nSPS) is 15.7. The van der Waals surface area contributed by atoms with Crippen molar-refractivity contribution in [2.75, 3.05) is 13.2 Å². The van der Waals surface area contributed by atoms with Gasteiger partial charge in [-0.05, 0) is 60.7 Å². The lowest BCUT2D eigenvalue weighted by atomic mass is 9.75. The number of nitrogens with zero attached hydrogens (tertiary/aromatic N) is 4. The summed E-state index contributed by atoms with van der Waals surface area (Å²) in [5.74, 6) is 0.381. The van der Waals surface area contributed by atoms with E-state index < -0.39 is 5.41 Å². The Kier molecular flexibility index (Phi) is 6.30. The van der Waals surface area contributed by atoms with Gasteiger partial charge >= 0.3 is 5.69 Å². The van der Waals surface area contributed by atoms with Gasteiger partial charge < -0.3 is 4.74 Å². The van der Waals surface area contributed by atoms with Crippen molar-refractivity contribution in [3.8, 4) is 11.8 Å². The van der Waals surface area contributed by atoms with E-state index in [1.54, 1.807) is 22.7 Å². The maximum atomic E-state index is 12.6. The molecule has 0 spiro atoms. The topological polar surface area (TPSA) is 72.8 Å². The minimum Gasteiger partial charge on any atom is -0.381 e. The maximum Gasteiger partial charge on any atom is 0.350 e. The van der Waals surface area contributed by atoms with Gasteiger partial charge in [0.2, 0.25) is 0 Å². The van der Waals surface area contributed by atoms with E-state index in [4.69, 9.17) is 4.74 Å². The Morgan fingerprint density at radius 1 is 1.16 bits per heavy atom. The molecular formula is C24H26N4O2S. The Labute approximate surface area is 186 Å². The summed E-state index contributed by atoms with van der Waals surface area (Å²) in [6, 6.07) is 18.6. The molecule has 0 atom stereocenters. The summed E-state index contributed by atoms with van der Waals surface area (Å²) in [5.41, 5.74) is 1.22. The number of hydrogen-bond acceptors (Lipinski definition) is 5. The number of benzene rings is 2. The summed E-state index contributed by atoms with van der Waals surface area (Å²) in [6.07, 6.45) is 3.05. The van der Waals surface area contributed by atoms with Crippen molar-refractivity contribution < 1.29 is 4.74 Å². The van der Waals surface area contributed by atoms with Crippen LogP contribution < -0.4 is 5.69 Å². The van der Waals surface area contributed by atoms with Crippen molar-refractivity contribution >= 4 is 11.8 Å². The highest BCUT2D eigenvalue weighted by Gasteiger charge is 2.34. The average Bonchev–Trinajstić information content (AvgIpc) is 3.14. The van der Waals surface area contributed by atoms with E-state index in [0.29, 0.717) is 25.7 Å². The molecule has 0 bridgehead atoms. The molecule has 1 saturated heterocycles. The molecule has 1 aromatic heterocycles. The van der Waals surface area contributed by atoms with Crippen LogP contribution in [0.4, 0.5) is 0 Å². The minimum atomic E-state index is -0.464. The zero-order valence-corrected chi connectivity index (χ0v) is 18.6. The second-order valence-electron chi connectivity index (χ2n) is 8.30. The first kappa shape index (κ1) is 21.4. The zero-order valence-electron chi connectivity index (χ0n) is 17.8. The summed E-state index contributed by atoms with van der Waals surface area (Å²) in [6.45, 7) is 6.05. The fourth-order valence-corrected chi connectivity index (χ4v) is 4.74. The van der Waals surface area contributed by atoms with Crippen LogP contribution in [0.1, 0.15) is 32.3 Å². The molecule has 0 amide bonds. The van der Waals surface area contributed by atoms with Crippen molar-refractivity contribution in [2.45, 2.75) is 48.4 Å². The van der Waals surface area contributed by atoms with Gasteiger partial charge in [-0.3, -0.25) is 4.57 Å². The summed E-state index contributed by atoms with van der Waals surface area (Å²) in [5, 5.41) is 14.1. The average molecular weight is 435 g/mol. The lowest BCUT2D eigenvalue weighted by molar-refractivity contribution is 0.0675. The zero-order chi connectivity index (χ0) is 21.8. The number of rotatable bonds is 6. The van der Waals surface area contributed by atoms with Gasteiger partial charge in [0.25, 0.3) is 0 Å². The van der Waals surface area contributed by atoms with E-state index in [-0.39, 0.29) is 5.69 Å². The molecule has 3 aromatic rings. The van der Waals surface area contributed by atoms with E-state index >= 15 is 0 Å². The highest BCUT2D eigenvalue weighted by Crippen LogP contribution is 2.37. The van der Waals surface area contributed by atoms with E-state index in [0.717, 1.165) is 33.9 Å². The van der Waals surface area contributed by atoms with E-state index in [1.165, 1.54) is 4.68 Å².